The summed E-state index contributed by atoms with van der Waals surface area (Å²) in [6.07, 6.45) is 6.84. The van der Waals surface area contributed by atoms with E-state index < -0.39 is 0 Å². The molecule has 3 nitrogen and oxygen atoms in total. The quantitative estimate of drug-likeness (QED) is 0.103. The van der Waals surface area contributed by atoms with E-state index in [1.807, 2.05) is 36.4 Å². The Labute approximate surface area is 272 Å². The molecule has 1 aliphatic heterocycles. The lowest BCUT2D eigenvalue weighted by Crippen LogP contribution is -2.01. The van der Waals surface area contributed by atoms with E-state index >= 15 is 0 Å². The number of alkyl halides is 1. The van der Waals surface area contributed by atoms with Crippen LogP contribution in [0.5, 0.6) is 0 Å². The molecule has 0 saturated carbocycles. The summed E-state index contributed by atoms with van der Waals surface area (Å²) in [6.45, 7) is 0. The average molecular weight is 690 g/mol. The van der Waals surface area contributed by atoms with Crippen LogP contribution in [0.15, 0.2) is 152 Å². The zero-order valence-corrected chi connectivity index (χ0v) is 26.6. The fraction of sp³-hybridized carbons (Fsp3) is 0.0244. The highest BCUT2D eigenvalue weighted by Gasteiger charge is 2.16. The minimum Gasteiger partial charge on any atom is -0.208 e. The van der Waals surface area contributed by atoms with Gasteiger partial charge in [0.2, 0.25) is 0 Å². The molecule has 214 valence electrons. The van der Waals surface area contributed by atoms with Crippen LogP contribution in [-0.4, -0.2) is 23.4 Å². The molecule has 0 N–H and O–H groups in total. The normalized spacial score (nSPS) is 12.9. The first-order chi connectivity index (χ1) is 22.3. The van der Waals surface area contributed by atoms with Crippen molar-refractivity contribution in [2.75, 3.05) is 4.43 Å². The second-order valence-electron chi connectivity index (χ2n) is 11.0. The fourth-order valence-electron chi connectivity index (χ4n) is 5.96. The minimum absolute atomic E-state index is 0.0364. The molecule has 0 spiro atoms. The van der Waals surface area contributed by atoms with Crippen molar-refractivity contribution in [3.05, 3.63) is 157 Å². The van der Waals surface area contributed by atoms with Gasteiger partial charge >= 0.3 is 0 Å². The summed E-state index contributed by atoms with van der Waals surface area (Å²) < 4.78 is 3.45. The van der Waals surface area contributed by atoms with Gasteiger partial charge < -0.3 is 0 Å². The van der Waals surface area contributed by atoms with Gasteiger partial charge in [-0.15, -0.1) is 20.7 Å². The van der Waals surface area contributed by atoms with Crippen molar-refractivity contribution in [2.24, 2.45) is 0 Å². The van der Waals surface area contributed by atoms with Crippen LogP contribution in [0.25, 0.3) is 72.4 Å². The monoisotopic (exact) mass is 689 g/mol. The Balaban J connectivity index is 1.40. The molecule has 0 unspecified atom stereocenters. The first-order valence-corrected chi connectivity index (χ1v) is 17.8. The molecule has 2 heterocycles. The molecule has 7 aromatic rings. The number of nitrogens with zero attached hydrogens (tertiary/aromatic N) is 3. The number of benzene rings is 6. The Morgan fingerprint density at radius 2 is 1.02 bits per heavy atom. The molecular formula is C41H28IN3. The maximum Gasteiger partial charge on any atom is 0.164 e. The van der Waals surface area contributed by atoms with Crippen LogP contribution >= 0.6 is 20.7 Å². The van der Waals surface area contributed by atoms with Crippen LogP contribution in [0, 0.1) is 0 Å². The zero-order valence-electron chi connectivity index (χ0n) is 24.4. The topological polar surface area (TPSA) is 38.7 Å². The van der Waals surface area contributed by atoms with Gasteiger partial charge in [-0.25, -0.2) is 15.0 Å². The SMILES string of the molecule is C1=CC(c2cc(-c3nc(-c4ccccc4)nc(-c4ccccc4)n3)cc(-c3cc4ccccc4c4ccccc34)c2)=CCI=C1. The molecule has 0 atom stereocenters. The smallest absolute Gasteiger partial charge is 0.164 e. The molecule has 1 aliphatic rings. The lowest BCUT2D eigenvalue weighted by atomic mass is 9.90. The molecule has 1 aromatic heterocycles. The standard InChI is InChI=1S/C41H28IN3/c1-3-12-29(13-4-1)39-43-40(30-14-5-2-6-15-30)45-41(44-39)34-25-32(28-17-11-22-42-23-21-28)24-33(26-34)38-27-31-16-7-8-18-35(31)36-19-9-10-20-37(36)38/h1-22,24-27H,23H2. The van der Waals surface area contributed by atoms with Gasteiger partial charge in [0.25, 0.3) is 0 Å². The summed E-state index contributed by atoms with van der Waals surface area (Å²) in [4.78, 5) is 15.1. The van der Waals surface area contributed by atoms with Crippen molar-refractivity contribution in [3.63, 3.8) is 0 Å². The number of allylic oxidation sites excluding steroid dienone is 4. The van der Waals surface area contributed by atoms with Crippen molar-refractivity contribution in [1.82, 2.24) is 15.0 Å². The predicted molar refractivity (Wildman–Crippen MR) is 199 cm³/mol. The average Bonchev–Trinajstić information content (AvgIpc) is 3.42. The molecule has 4 heteroatoms. The van der Waals surface area contributed by atoms with E-state index in [9.17, 15) is 0 Å². The third kappa shape index (κ3) is 5.54. The van der Waals surface area contributed by atoms with Gasteiger partial charge in [-0.2, -0.15) is 0 Å². The van der Waals surface area contributed by atoms with Gasteiger partial charge in [-0.3, -0.25) is 0 Å². The van der Waals surface area contributed by atoms with Crippen molar-refractivity contribution in [2.45, 2.75) is 0 Å². The lowest BCUT2D eigenvalue weighted by molar-refractivity contribution is 1.07. The molecule has 0 saturated heterocycles. The number of rotatable bonds is 5. The predicted octanol–water partition coefficient (Wildman–Crippen LogP) is 10.6. The third-order valence-corrected chi connectivity index (χ3v) is 10.00. The van der Waals surface area contributed by atoms with Crippen LogP contribution in [0.2, 0.25) is 0 Å². The Morgan fingerprint density at radius 1 is 0.467 bits per heavy atom. The Hall–Kier alpha value is -5.07. The molecule has 0 bridgehead atoms. The van der Waals surface area contributed by atoms with Gasteiger partial charge in [-0.1, -0.05) is 127 Å². The highest BCUT2D eigenvalue weighted by Crippen LogP contribution is 2.38. The van der Waals surface area contributed by atoms with E-state index in [1.165, 1.54) is 38.2 Å². The molecule has 45 heavy (non-hydrogen) atoms. The molecule has 8 rings (SSSR count). The molecule has 0 amide bonds. The lowest BCUT2D eigenvalue weighted by Gasteiger charge is -2.15. The van der Waals surface area contributed by atoms with E-state index in [4.69, 9.17) is 15.0 Å². The number of fused-ring (bicyclic) bond motifs is 3. The van der Waals surface area contributed by atoms with Crippen LogP contribution in [0.3, 0.4) is 0 Å². The van der Waals surface area contributed by atoms with Crippen LogP contribution in [0.4, 0.5) is 0 Å². The van der Waals surface area contributed by atoms with E-state index in [0.29, 0.717) is 17.5 Å². The Kier molecular flexibility index (Phi) is 7.41. The highest BCUT2D eigenvalue weighted by atomic mass is 127. The zero-order chi connectivity index (χ0) is 30.0. The summed E-state index contributed by atoms with van der Waals surface area (Å²) >= 11 is 0.0364. The third-order valence-electron chi connectivity index (χ3n) is 8.13. The second-order valence-corrected chi connectivity index (χ2v) is 13.5. The van der Waals surface area contributed by atoms with Crippen LogP contribution in [-0.2, 0) is 0 Å². The maximum atomic E-state index is 5.09. The fourth-order valence-corrected chi connectivity index (χ4v) is 7.49. The summed E-state index contributed by atoms with van der Waals surface area (Å²) in [6, 6.07) is 46.9. The first-order valence-electron chi connectivity index (χ1n) is 15.0. The van der Waals surface area contributed by atoms with Gasteiger partial charge in [0.1, 0.15) is 0 Å². The van der Waals surface area contributed by atoms with Gasteiger partial charge in [0, 0.05) is 21.1 Å². The Bertz CT molecular complexity index is 2230. The second kappa shape index (κ2) is 12.1. The molecule has 0 aliphatic carbocycles. The molecule has 0 fully saturated rings. The van der Waals surface area contributed by atoms with Crippen molar-refractivity contribution < 1.29 is 0 Å². The van der Waals surface area contributed by atoms with Gasteiger partial charge in [0.15, 0.2) is 17.5 Å². The summed E-state index contributed by atoms with van der Waals surface area (Å²) in [7, 11) is 0. The number of halogens is 1. The maximum absolute atomic E-state index is 5.09. The number of hydrogen-bond acceptors (Lipinski definition) is 3. The van der Waals surface area contributed by atoms with Crippen LogP contribution in [0.1, 0.15) is 5.56 Å². The summed E-state index contributed by atoms with van der Waals surface area (Å²) in [5.74, 6) is 1.99. The highest BCUT2D eigenvalue weighted by molar-refractivity contribution is 14.2. The first kappa shape index (κ1) is 27.5. The van der Waals surface area contributed by atoms with E-state index in [-0.39, 0.29) is 20.7 Å². The molecular weight excluding hydrogens is 661 g/mol. The minimum atomic E-state index is 0.0364. The van der Waals surface area contributed by atoms with E-state index in [0.717, 1.165) is 26.7 Å². The van der Waals surface area contributed by atoms with Crippen molar-refractivity contribution >= 4 is 51.9 Å². The largest absolute Gasteiger partial charge is 0.208 e. The summed E-state index contributed by atoms with van der Waals surface area (Å²) in [5.41, 5.74) is 7.63. The number of aromatic nitrogens is 3. The molecule has 6 aromatic carbocycles. The van der Waals surface area contributed by atoms with Gasteiger partial charge in [0.05, 0.1) is 0 Å². The van der Waals surface area contributed by atoms with E-state index in [2.05, 4.69) is 119 Å². The van der Waals surface area contributed by atoms with Crippen LogP contribution < -0.4 is 0 Å². The van der Waals surface area contributed by atoms with Crippen molar-refractivity contribution in [1.29, 1.82) is 0 Å². The Morgan fingerprint density at radius 3 is 1.73 bits per heavy atom. The summed E-state index contributed by atoms with van der Waals surface area (Å²) in [5, 5.41) is 4.97. The molecule has 0 radical (unpaired) electrons. The van der Waals surface area contributed by atoms with Gasteiger partial charge in [-0.05, 0) is 72.1 Å². The number of hydrogen-bond donors (Lipinski definition) is 0. The van der Waals surface area contributed by atoms with Crippen molar-refractivity contribution in [3.8, 4) is 45.3 Å². The van der Waals surface area contributed by atoms with E-state index in [1.54, 1.807) is 0 Å².